The van der Waals surface area contributed by atoms with Gasteiger partial charge in [0, 0.05) is 18.0 Å². The molecule has 0 saturated carbocycles. The summed E-state index contributed by atoms with van der Waals surface area (Å²) < 4.78 is 0. The number of fused-ring (bicyclic) bond motifs is 1. The number of rotatable bonds is 8. The first-order chi connectivity index (χ1) is 10.2. The number of hydrogen-bond donors (Lipinski definition) is 2. The number of nitrogens with one attached hydrogen (secondary N) is 1. The van der Waals surface area contributed by atoms with Crippen molar-refractivity contribution in [3.8, 4) is 0 Å². The molecule has 0 aliphatic heterocycles. The van der Waals surface area contributed by atoms with Crippen LogP contribution in [0.5, 0.6) is 0 Å². The van der Waals surface area contributed by atoms with Crippen molar-refractivity contribution in [1.29, 1.82) is 0 Å². The van der Waals surface area contributed by atoms with Gasteiger partial charge in [0.05, 0.1) is 11.1 Å². The van der Waals surface area contributed by atoms with E-state index < -0.39 is 0 Å². The summed E-state index contributed by atoms with van der Waals surface area (Å²) in [7, 11) is 0. The van der Waals surface area contributed by atoms with E-state index in [0.29, 0.717) is 0 Å². The lowest BCUT2D eigenvalue weighted by atomic mass is 10.2. The highest BCUT2D eigenvalue weighted by atomic mass is 32.2. The number of hydrogen-bond acceptors (Lipinski definition) is 6. The van der Waals surface area contributed by atoms with Crippen molar-refractivity contribution < 1.29 is 5.11 Å². The number of aromatic nitrogens is 2. The molecule has 2 N–H and O–H groups in total. The van der Waals surface area contributed by atoms with Crippen LogP contribution < -0.4 is 5.32 Å². The van der Waals surface area contributed by atoms with Gasteiger partial charge in [-0.2, -0.15) is 11.8 Å². The Bertz CT molecular complexity index is 598. The number of nitrogens with zero attached hydrogens (tertiary/aromatic N) is 2. The number of aryl methyl sites for hydroxylation is 2. The van der Waals surface area contributed by atoms with Crippen molar-refractivity contribution in [2.75, 3.05) is 24.2 Å². The maximum atomic E-state index is 8.83. The van der Waals surface area contributed by atoms with Crippen LogP contribution in [0, 0.1) is 13.8 Å². The molecule has 0 atom stereocenters. The maximum Gasteiger partial charge on any atom is 0.142 e. The second-order valence-electron chi connectivity index (χ2n) is 5.01. The molecule has 4 nitrogen and oxygen atoms in total. The predicted octanol–water partition coefficient (Wildman–Crippen LogP) is 3.75. The molecule has 0 amide bonds. The monoisotopic (exact) mass is 325 g/mol. The molecule has 0 fully saturated rings. The predicted molar refractivity (Wildman–Crippen MR) is 93.5 cm³/mol. The molecule has 0 saturated heterocycles. The molecule has 0 bridgehead atoms. The highest BCUT2D eigenvalue weighted by molar-refractivity contribution is 7.98. The molecule has 0 unspecified atom stereocenters. The minimum atomic E-state index is 0.250. The van der Waals surface area contributed by atoms with Crippen LogP contribution in [-0.2, 0) is 5.75 Å². The van der Waals surface area contributed by atoms with Crippen molar-refractivity contribution in [2.24, 2.45) is 0 Å². The average molecular weight is 326 g/mol. The zero-order valence-electron chi connectivity index (χ0n) is 12.9. The first-order valence-corrected chi connectivity index (χ1v) is 9.33. The van der Waals surface area contributed by atoms with Gasteiger partial charge in [0.1, 0.15) is 16.5 Å². The molecule has 2 aromatic rings. The first-order valence-electron chi connectivity index (χ1n) is 7.36. The van der Waals surface area contributed by atoms with E-state index in [-0.39, 0.29) is 6.61 Å². The van der Waals surface area contributed by atoms with Crippen LogP contribution in [0.25, 0.3) is 10.2 Å². The van der Waals surface area contributed by atoms with Gasteiger partial charge >= 0.3 is 0 Å². The fourth-order valence-corrected chi connectivity index (χ4v) is 3.90. The van der Waals surface area contributed by atoms with Crippen LogP contribution >= 0.6 is 23.1 Å². The molecule has 2 rings (SSSR count). The van der Waals surface area contributed by atoms with Gasteiger partial charge in [0.15, 0.2) is 0 Å². The Labute approximate surface area is 134 Å². The third-order valence-corrected chi connectivity index (χ3v) is 5.44. The Morgan fingerprint density at radius 3 is 2.81 bits per heavy atom. The third kappa shape index (κ3) is 4.08. The molecule has 6 heteroatoms. The summed E-state index contributed by atoms with van der Waals surface area (Å²) in [6.45, 7) is 7.62. The van der Waals surface area contributed by atoms with Crippen LogP contribution in [0.3, 0.4) is 0 Å². The summed E-state index contributed by atoms with van der Waals surface area (Å²) in [5, 5.41) is 13.4. The largest absolute Gasteiger partial charge is 0.396 e. The standard InChI is InChI=1S/C15H23N3OS2/c1-4-6-16-14-13-10(2)11(3)21-15(13)18-12(17-14)9-20-8-5-7-19/h19H,4-9H2,1-3H3,(H,16,17,18). The Morgan fingerprint density at radius 1 is 1.29 bits per heavy atom. The van der Waals surface area contributed by atoms with Crippen molar-refractivity contribution in [1.82, 2.24) is 9.97 Å². The zero-order chi connectivity index (χ0) is 15.2. The Hall–Kier alpha value is -0.850. The van der Waals surface area contributed by atoms with Crippen LogP contribution in [0.1, 0.15) is 36.0 Å². The maximum absolute atomic E-state index is 8.83. The minimum absolute atomic E-state index is 0.250. The fourth-order valence-electron chi connectivity index (χ4n) is 2.06. The van der Waals surface area contributed by atoms with E-state index >= 15 is 0 Å². The van der Waals surface area contributed by atoms with Crippen molar-refractivity contribution >= 4 is 39.1 Å². The van der Waals surface area contributed by atoms with Gasteiger partial charge in [-0.15, -0.1) is 11.3 Å². The molecule has 0 radical (unpaired) electrons. The topological polar surface area (TPSA) is 58.0 Å². The summed E-state index contributed by atoms with van der Waals surface area (Å²) in [5.41, 5.74) is 1.29. The van der Waals surface area contributed by atoms with Gasteiger partial charge in [0.2, 0.25) is 0 Å². The van der Waals surface area contributed by atoms with E-state index in [9.17, 15) is 0 Å². The molecular weight excluding hydrogens is 302 g/mol. The van der Waals surface area contributed by atoms with Gasteiger partial charge in [-0.1, -0.05) is 6.92 Å². The molecule has 0 aromatic carbocycles. The van der Waals surface area contributed by atoms with Crippen molar-refractivity contribution in [2.45, 2.75) is 39.4 Å². The van der Waals surface area contributed by atoms with E-state index in [2.05, 4.69) is 26.1 Å². The van der Waals surface area contributed by atoms with Gasteiger partial charge in [0.25, 0.3) is 0 Å². The normalized spacial score (nSPS) is 11.2. The molecule has 2 heterocycles. The van der Waals surface area contributed by atoms with E-state index in [1.54, 1.807) is 23.1 Å². The van der Waals surface area contributed by atoms with Gasteiger partial charge in [-0.3, -0.25) is 0 Å². The molecule has 2 aromatic heterocycles. The lowest BCUT2D eigenvalue weighted by molar-refractivity contribution is 0.296. The Morgan fingerprint density at radius 2 is 2.10 bits per heavy atom. The second-order valence-corrected chi connectivity index (χ2v) is 7.32. The molecule has 116 valence electrons. The molecule has 0 aliphatic carbocycles. The zero-order valence-corrected chi connectivity index (χ0v) is 14.5. The SMILES string of the molecule is CCCNc1nc(CSCCCO)nc2sc(C)c(C)c12. The third-order valence-electron chi connectivity index (χ3n) is 3.30. The summed E-state index contributed by atoms with van der Waals surface area (Å²) in [6, 6.07) is 0. The summed E-state index contributed by atoms with van der Waals surface area (Å²) >= 11 is 3.52. The Balaban J connectivity index is 2.26. The van der Waals surface area contributed by atoms with E-state index in [1.165, 1.54) is 15.8 Å². The average Bonchev–Trinajstić information content (AvgIpc) is 2.76. The van der Waals surface area contributed by atoms with Gasteiger partial charge < -0.3 is 10.4 Å². The molecule has 0 spiro atoms. The number of thiophene rings is 1. The summed E-state index contributed by atoms with van der Waals surface area (Å²) in [4.78, 5) is 11.8. The minimum Gasteiger partial charge on any atom is -0.396 e. The number of aliphatic hydroxyl groups is 1. The van der Waals surface area contributed by atoms with Gasteiger partial charge in [-0.25, -0.2) is 9.97 Å². The smallest absolute Gasteiger partial charge is 0.142 e. The summed E-state index contributed by atoms with van der Waals surface area (Å²) in [5.74, 6) is 3.59. The fraction of sp³-hybridized carbons (Fsp3) is 0.600. The lowest BCUT2D eigenvalue weighted by Crippen LogP contribution is -2.05. The highest BCUT2D eigenvalue weighted by Gasteiger charge is 2.14. The lowest BCUT2D eigenvalue weighted by Gasteiger charge is -2.09. The van der Waals surface area contributed by atoms with Crippen LogP contribution in [-0.4, -0.2) is 34.0 Å². The number of aliphatic hydroxyl groups excluding tert-OH is 1. The molecule has 0 aliphatic rings. The van der Waals surface area contributed by atoms with Crippen LogP contribution in [0.15, 0.2) is 0 Å². The molecular formula is C15H23N3OS2. The van der Waals surface area contributed by atoms with E-state index in [4.69, 9.17) is 15.1 Å². The second kappa shape index (κ2) is 7.96. The first kappa shape index (κ1) is 16.5. The molecule has 21 heavy (non-hydrogen) atoms. The number of thioether (sulfide) groups is 1. The van der Waals surface area contributed by atoms with Crippen molar-refractivity contribution in [3.05, 3.63) is 16.3 Å². The summed E-state index contributed by atoms with van der Waals surface area (Å²) in [6.07, 6.45) is 1.90. The highest BCUT2D eigenvalue weighted by Crippen LogP contribution is 2.33. The van der Waals surface area contributed by atoms with Crippen LogP contribution in [0.2, 0.25) is 0 Å². The van der Waals surface area contributed by atoms with Crippen molar-refractivity contribution in [3.63, 3.8) is 0 Å². The number of anilines is 1. The Kier molecular flexibility index (Phi) is 6.26. The van der Waals surface area contributed by atoms with E-state index in [1.807, 2.05) is 0 Å². The quantitative estimate of drug-likeness (QED) is 0.724. The van der Waals surface area contributed by atoms with E-state index in [0.717, 1.165) is 47.4 Å². The van der Waals surface area contributed by atoms with Gasteiger partial charge in [-0.05, 0) is 38.0 Å². The van der Waals surface area contributed by atoms with Crippen LogP contribution in [0.4, 0.5) is 5.82 Å².